The number of nitrogens with two attached hydrogens (primary N) is 1. The van der Waals surface area contributed by atoms with Crippen LogP contribution in [0.25, 0.3) is 0 Å². The van der Waals surface area contributed by atoms with Gasteiger partial charge in [-0.15, -0.1) is 0 Å². The maximum atomic E-state index is 6.25. The number of pyridine rings is 1. The molecule has 0 fully saturated rings. The van der Waals surface area contributed by atoms with Crippen LogP contribution in [0.4, 0.5) is 0 Å². The minimum atomic E-state index is 0.139. The van der Waals surface area contributed by atoms with Crippen LogP contribution in [0.2, 0.25) is 0 Å². The first kappa shape index (κ1) is 15.2. The van der Waals surface area contributed by atoms with Crippen molar-refractivity contribution in [3.05, 3.63) is 65.5 Å². The zero-order chi connectivity index (χ0) is 15.2. The van der Waals surface area contributed by atoms with E-state index in [0.29, 0.717) is 6.04 Å². The fraction of sp³-hybridized carbons (Fsp3) is 0.421. The molecule has 116 valence electrons. The Bertz CT molecular complexity index is 582. The van der Waals surface area contributed by atoms with Crippen LogP contribution in [0, 0.1) is 0 Å². The third kappa shape index (κ3) is 3.73. The van der Waals surface area contributed by atoms with Gasteiger partial charge in [-0.1, -0.05) is 36.4 Å². The van der Waals surface area contributed by atoms with E-state index in [2.05, 4.69) is 40.6 Å². The Morgan fingerprint density at radius 2 is 2.05 bits per heavy atom. The van der Waals surface area contributed by atoms with Gasteiger partial charge >= 0.3 is 0 Å². The lowest BCUT2D eigenvalue weighted by molar-refractivity contribution is 0.435. The Morgan fingerprint density at radius 1 is 1.18 bits per heavy atom. The van der Waals surface area contributed by atoms with E-state index in [1.807, 2.05) is 18.3 Å². The third-order valence-electron chi connectivity index (χ3n) is 4.51. The van der Waals surface area contributed by atoms with Crippen molar-refractivity contribution in [2.24, 2.45) is 5.73 Å². The van der Waals surface area contributed by atoms with Crippen molar-refractivity contribution < 1.29 is 0 Å². The van der Waals surface area contributed by atoms with Crippen LogP contribution in [0.5, 0.6) is 0 Å². The van der Waals surface area contributed by atoms with Gasteiger partial charge in [0.25, 0.3) is 0 Å². The van der Waals surface area contributed by atoms with Gasteiger partial charge < -0.3 is 11.1 Å². The molecule has 22 heavy (non-hydrogen) atoms. The fourth-order valence-electron chi connectivity index (χ4n) is 3.27. The largest absolute Gasteiger partial charge is 0.324 e. The van der Waals surface area contributed by atoms with Crippen LogP contribution in [-0.2, 0) is 6.42 Å². The minimum absolute atomic E-state index is 0.139. The topological polar surface area (TPSA) is 50.9 Å². The van der Waals surface area contributed by atoms with Gasteiger partial charge in [-0.3, -0.25) is 4.98 Å². The van der Waals surface area contributed by atoms with Crippen molar-refractivity contribution in [1.82, 2.24) is 10.3 Å². The van der Waals surface area contributed by atoms with Gasteiger partial charge in [-0.05, 0) is 55.8 Å². The summed E-state index contributed by atoms with van der Waals surface area (Å²) in [5.41, 5.74) is 10.1. The third-order valence-corrected chi connectivity index (χ3v) is 4.51. The molecule has 1 aromatic carbocycles. The maximum absolute atomic E-state index is 6.25. The monoisotopic (exact) mass is 295 g/mol. The Balaban J connectivity index is 1.46. The summed E-state index contributed by atoms with van der Waals surface area (Å²) < 4.78 is 0. The maximum Gasteiger partial charge on any atom is 0.0605 e. The average molecular weight is 295 g/mol. The van der Waals surface area contributed by atoms with E-state index in [1.54, 1.807) is 0 Å². The second-order valence-corrected chi connectivity index (χ2v) is 6.11. The highest BCUT2D eigenvalue weighted by molar-refractivity contribution is 5.25. The highest BCUT2D eigenvalue weighted by Gasteiger charge is 2.20. The highest BCUT2D eigenvalue weighted by atomic mass is 14.9. The predicted octanol–water partition coefficient (Wildman–Crippen LogP) is 3.53. The van der Waals surface area contributed by atoms with Gasteiger partial charge in [0.05, 0.1) is 5.69 Å². The number of aromatic nitrogens is 1. The summed E-state index contributed by atoms with van der Waals surface area (Å²) in [6, 6.07) is 15.2. The summed E-state index contributed by atoms with van der Waals surface area (Å²) in [7, 11) is 0. The molecule has 0 aliphatic heterocycles. The van der Waals surface area contributed by atoms with Crippen LogP contribution in [-0.4, -0.2) is 11.5 Å². The molecular formula is C19H25N3. The first-order valence-corrected chi connectivity index (χ1v) is 8.32. The van der Waals surface area contributed by atoms with Gasteiger partial charge in [0.15, 0.2) is 0 Å². The summed E-state index contributed by atoms with van der Waals surface area (Å²) in [5.74, 6) is 0. The smallest absolute Gasteiger partial charge is 0.0605 e. The van der Waals surface area contributed by atoms with Crippen molar-refractivity contribution in [3.63, 3.8) is 0 Å². The van der Waals surface area contributed by atoms with E-state index in [4.69, 9.17) is 5.73 Å². The van der Waals surface area contributed by atoms with Crippen molar-refractivity contribution in [3.8, 4) is 0 Å². The van der Waals surface area contributed by atoms with Crippen molar-refractivity contribution in [1.29, 1.82) is 0 Å². The molecule has 1 aliphatic rings. The Labute approximate surface area is 133 Å². The highest BCUT2D eigenvalue weighted by Crippen LogP contribution is 2.27. The summed E-state index contributed by atoms with van der Waals surface area (Å²) in [5, 5.41) is 3.67. The minimum Gasteiger partial charge on any atom is -0.324 e. The Kier molecular flexibility index (Phi) is 5.20. The predicted molar refractivity (Wildman–Crippen MR) is 90.5 cm³/mol. The van der Waals surface area contributed by atoms with E-state index in [1.165, 1.54) is 36.1 Å². The molecule has 1 aliphatic carbocycles. The van der Waals surface area contributed by atoms with Crippen LogP contribution < -0.4 is 11.1 Å². The lowest BCUT2D eigenvalue weighted by Crippen LogP contribution is -2.27. The summed E-state index contributed by atoms with van der Waals surface area (Å²) >= 11 is 0. The number of rotatable bonds is 6. The number of nitrogens with one attached hydrogen (secondary N) is 1. The molecule has 3 N–H and O–H groups in total. The first-order valence-electron chi connectivity index (χ1n) is 8.32. The molecule has 2 atom stereocenters. The lowest BCUT2D eigenvalue weighted by Gasteiger charge is -2.25. The Hall–Kier alpha value is -1.71. The van der Waals surface area contributed by atoms with Gasteiger partial charge in [-0.2, -0.15) is 0 Å². The normalized spacial score (nSPS) is 18.7. The standard InChI is InChI=1S/C19H25N3/c20-17(15-7-2-1-3-8-15)11-6-13-21-18-12-4-9-16-10-5-14-22-19(16)18/h1-3,5,7-8,10,14,17-18,21H,4,6,9,11-13,20H2. The average Bonchev–Trinajstić information content (AvgIpc) is 2.59. The SMILES string of the molecule is NC(CCCNC1CCCc2cccnc21)c1ccccc1. The van der Waals surface area contributed by atoms with Gasteiger partial charge in [0, 0.05) is 18.3 Å². The fourth-order valence-corrected chi connectivity index (χ4v) is 3.27. The number of benzene rings is 1. The van der Waals surface area contributed by atoms with Crippen LogP contribution in [0.3, 0.4) is 0 Å². The molecule has 3 heteroatoms. The second-order valence-electron chi connectivity index (χ2n) is 6.11. The number of aryl methyl sites for hydroxylation is 1. The summed E-state index contributed by atoms with van der Waals surface area (Å²) in [6.07, 6.45) is 7.62. The van der Waals surface area contributed by atoms with Crippen molar-refractivity contribution in [2.45, 2.75) is 44.2 Å². The molecule has 2 unspecified atom stereocenters. The second kappa shape index (κ2) is 7.52. The van der Waals surface area contributed by atoms with Crippen molar-refractivity contribution in [2.75, 3.05) is 6.54 Å². The molecule has 0 amide bonds. The summed E-state index contributed by atoms with van der Waals surface area (Å²) in [4.78, 5) is 4.57. The van der Waals surface area contributed by atoms with E-state index in [9.17, 15) is 0 Å². The van der Waals surface area contributed by atoms with Gasteiger partial charge in [-0.25, -0.2) is 0 Å². The number of nitrogens with zero attached hydrogens (tertiary/aromatic N) is 1. The number of hydrogen-bond donors (Lipinski definition) is 2. The van der Waals surface area contributed by atoms with Crippen LogP contribution in [0.1, 0.15) is 54.6 Å². The molecular weight excluding hydrogens is 270 g/mol. The van der Waals surface area contributed by atoms with Crippen molar-refractivity contribution >= 4 is 0 Å². The number of hydrogen-bond acceptors (Lipinski definition) is 3. The van der Waals surface area contributed by atoms with E-state index in [-0.39, 0.29) is 6.04 Å². The van der Waals surface area contributed by atoms with Crippen LogP contribution >= 0.6 is 0 Å². The van der Waals surface area contributed by atoms with Gasteiger partial charge in [0.1, 0.15) is 0 Å². The van der Waals surface area contributed by atoms with E-state index < -0.39 is 0 Å². The molecule has 1 heterocycles. The summed E-state index contributed by atoms with van der Waals surface area (Å²) in [6.45, 7) is 1.00. The molecule has 2 aromatic rings. The van der Waals surface area contributed by atoms with Gasteiger partial charge in [0.2, 0.25) is 0 Å². The Morgan fingerprint density at radius 3 is 2.91 bits per heavy atom. The zero-order valence-electron chi connectivity index (χ0n) is 13.0. The molecule has 0 radical (unpaired) electrons. The van der Waals surface area contributed by atoms with E-state index >= 15 is 0 Å². The molecule has 0 saturated carbocycles. The molecule has 0 bridgehead atoms. The lowest BCUT2D eigenvalue weighted by atomic mass is 9.92. The molecule has 1 aromatic heterocycles. The zero-order valence-corrected chi connectivity index (χ0v) is 13.0. The first-order chi connectivity index (χ1) is 10.8. The molecule has 0 saturated heterocycles. The number of fused-ring (bicyclic) bond motifs is 1. The quantitative estimate of drug-likeness (QED) is 0.802. The van der Waals surface area contributed by atoms with Crippen LogP contribution in [0.15, 0.2) is 48.7 Å². The van der Waals surface area contributed by atoms with E-state index in [0.717, 1.165) is 19.4 Å². The molecule has 0 spiro atoms. The molecule has 3 rings (SSSR count). The molecule has 3 nitrogen and oxygen atoms in total.